The van der Waals surface area contributed by atoms with Crippen LogP contribution in [0.2, 0.25) is 0 Å². The molecule has 7 nitrogen and oxygen atoms in total. The topological polar surface area (TPSA) is 94.3 Å². The normalized spacial score (nSPS) is 20.3. The van der Waals surface area contributed by atoms with Crippen molar-refractivity contribution in [3.63, 3.8) is 0 Å². The van der Waals surface area contributed by atoms with Gasteiger partial charge in [-0.15, -0.1) is 0 Å². The van der Waals surface area contributed by atoms with Gasteiger partial charge in [-0.3, -0.25) is 14.4 Å². The molecule has 35 heavy (non-hydrogen) atoms. The van der Waals surface area contributed by atoms with Crippen LogP contribution in [0.3, 0.4) is 0 Å². The van der Waals surface area contributed by atoms with Crippen LogP contribution in [0.25, 0.3) is 10.9 Å². The number of fused-ring (bicyclic) bond motifs is 7. The Bertz CT molecular complexity index is 1310. The number of aromatic amines is 1. The second kappa shape index (κ2) is 8.87. The van der Waals surface area contributed by atoms with Crippen molar-refractivity contribution in [3.8, 4) is 0 Å². The first-order valence-electron chi connectivity index (χ1n) is 12.4. The van der Waals surface area contributed by atoms with Crippen molar-refractivity contribution in [3.05, 3.63) is 70.9 Å². The molecule has 0 fully saturated rings. The number of nitrogens with one attached hydrogen (secondary N) is 3. The molecule has 1 aromatic heterocycles. The zero-order valence-electron chi connectivity index (χ0n) is 20.6. The minimum Gasteiger partial charge on any atom is -0.356 e. The molecular weight excluding hydrogens is 440 g/mol. The van der Waals surface area contributed by atoms with Gasteiger partial charge in [0.15, 0.2) is 0 Å². The first-order valence-corrected chi connectivity index (χ1v) is 12.4. The van der Waals surface area contributed by atoms with E-state index in [-0.39, 0.29) is 35.7 Å². The van der Waals surface area contributed by atoms with Crippen LogP contribution < -0.4 is 10.6 Å². The summed E-state index contributed by atoms with van der Waals surface area (Å²) in [5.74, 6) is -0.748. The maximum absolute atomic E-state index is 13.8. The van der Waals surface area contributed by atoms with E-state index in [9.17, 15) is 14.4 Å². The zero-order valence-corrected chi connectivity index (χ0v) is 20.6. The third-order valence-corrected chi connectivity index (χ3v) is 7.40. The number of nitrogens with zero attached hydrogens (tertiary/aromatic N) is 1. The number of amides is 3. The lowest BCUT2D eigenvalue weighted by atomic mass is 9.89. The number of aromatic nitrogens is 1. The smallest absolute Gasteiger partial charge is 0.255 e. The van der Waals surface area contributed by atoms with Crippen molar-refractivity contribution in [2.45, 2.75) is 64.7 Å². The average molecular weight is 473 g/mol. The Hall–Kier alpha value is -3.61. The summed E-state index contributed by atoms with van der Waals surface area (Å²) in [6.45, 7) is 7.78. The molecule has 7 heteroatoms. The van der Waals surface area contributed by atoms with Gasteiger partial charge in [0.05, 0.1) is 6.04 Å². The average Bonchev–Trinajstić information content (AvgIpc) is 3.37. The third-order valence-electron chi connectivity index (χ3n) is 7.40. The molecule has 3 heterocycles. The summed E-state index contributed by atoms with van der Waals surface area (Å²) in [6.07, 6.45) is 1.19. The second-order valence-electron chi connectivity index (χ2n) is 10.0. The van der Waals surface area contributed by atoms with E-state index in [1.807, 2.05) is 70.2 Å². The predicted molar refractivity (Wildman–Crippen MR) is 135 cm³/mol. The summed E-state index contributed by atoms with van der Waals surface area (Å²) in [5, 5.41) is 7.04. The summed E-state index contributed by atoms with van der Waals surface area (Å²) in [4.78, 5) is 45.5. The van der Waals surface area contributed by atoms with Crippen molar-refractivity contribution < 1.29 is 14.4 Å². The third kappa shape index (κ3) is 3.79. The fourth-order valence-electron chi connectivity index (χ4n) is 5.36. The largest absolute Gasteiger partial charge is 0.356 e. The molecule has 3 N–H and O–H groups in total. The molecule has 182 valence electrons. The van der Waals surface area contributed by atoms with Crippen molar-refractivity contribution in [1.29, 1.82) is 0 Å². The van der Waals surface area contributed by atoms with Crippen LogP contribution in [0.4, 0.5) is 0 Å². The molecule has 0 bridgehead atoms. The summed E-state index contributed by atoms with van der Waals surface area (Å²) in [5.41, 5.74) is 4.53. The second-order valence-corrected chi connectivity index (χ2v) is 10.0. The number of carbonyl (C=O) groups is 3. The fourth-order valence-corrected chi connectivity index (χ4v) is 5.36. The first kappa shape index (κ1) is 23.1. The van der Waals surface area contributed by atoms with Crippen LogP contribution in [-0.2, 0) is 16.0 Å². The number of hydrogen-bond acceptors (Lipinski definition) is 3. The van der Waals surface area contributed by atoms with Gasteiger partial charge in [0.1, 0.15) is 12.1 Å². The Kier molecular flexibility index (Phi) is 5.87. The Morgan fingerprint density at radius 2 is 1.77 bits per heavy atom. The number of hydrogen-bond donors (Lipinski definition) is 3. The molecule has 2 aromatic carbocycles. The summed E-state index contributed by atoms with van der Waals surface area (Å²) in [7, 11) is 0. The predicted octanol–water partition coefficient (Wildman–Crippen LogP) is 3.69. The Morgan fingerprint density at radius 1 is 1.06 bits per heavy atom. The maximum atomic E-state index is 13.8. The maximum Gasteiger partial charge on any atom is 0.255 e. The van der Waals surface area contributed by atoms with Crippen molar-refractivity contribution in [2.75, 3.05) is 0 Å². The number of rotatable bonds is 6. The van der Waals surface area contributed by atoms with E-state index in [0.29, 0.717) is 12.0 Å². The zero-order chi connectivity index (χ0) is 24.9. The molecule has 2 aliphatic heterocycles. The molecule has 0 unspecified atom stereocenters. The quantitative estimate of drug-likeness (QED) is 0.511. The molecule has 3 amide bonds. The monoisotopic (exact) mass is 472 g/mol. The summed E-state index contributed by atoms with van der Waals surface area (Å²) >= 11 is 0. The first-order chi connectivity index (χ1) is 16.8. The van der Waals surface area contributed by atoms with E-state index >= 15 is 0 Å². The van der Waals surface area contributed by atoms with Gasteiger partial charge in [0.2, 0.25) is 11.8 Å². The highest BCUT2D eigenvalue weighted by atomic mass is 16.2. The van der Waals surface area contributed by atoms with Crippen LogP contribution in [0.1, 0.15) is 67.3 Å². The molecule has 0 saturated heterocycles. The van der Waals surface area contributed by atoms with Gasteiger partial charge in [0, 0.05) is 34.6 Å². The van der Waals surface area contributed by atoms with Gasteiger partial charge in [-0.2, -0.15) is 0 Å². The lowest BCUT2D eigenvalue weighted by Gasteiger charge is -2.38. The number of H-pyrrole nitrogens is 1. The summed E-state index contributed by atoms with van der Waals surface area (Å²) < 4.78 is 0. The lowest BCUT2D eigenvalue weighted by molar-refractivity contribution is -0.133. The van der Waals surface area contributed by atoms with E-state index in [1.54, 1.807) is 4.90 Å². The van der Waals surface area contributed by atoms with Crippen molar-refractivity contribution in [2.24, 2.45) is 5.92 Å². The number of para-hydroxylation sites is 1. The van der Waals surface area contributed by atoms with E-state index in [0.717, 1.165) is 34.1 Å². The SMILES string of the molecule is CC[C@H](C)NC(=O)[C@H](NC(=O)[C@H]1Cc2c([nH]c3ccccc23)[C@H]2c3ccccc3C(=O)N21)C(C)C. The highest BCUT2D eigenvalue weighted by molar-refractivity contribution is 6.04. The van der Waals surface area contributed by atoms with E-state index < -0.39 is 12.1 Å². The molecular formula is C28H32N4O3. The van der Waals surface area contributed by atoms with Crippen molar-refractivity contribution >= 4 is 28.6 Å². The minimum atomic E-state index is -0.718. The van der Waals surface area contributed by atoms with Gasteiger partial charge in [-0.1, -0.05) is 57.2 Å². The van der Waals surface area contributed by atoms with Crippen LogP contribution in [0.5, 0.6) is 0 Å². The lowest BCUT2D eigenvalue weighted by Crippen LogP contribution is -2.58. The summed E-state index contributed by atoms with van der Waals surface area (Å²) in [6, 6.07) is 13.8. The van der Waals surface area contributed by atoms with E-state index in [1.165, 1.54) is 0 Å². The van der Waals surface area contributed by atoms with Gasteiger partial charge in [0.25, 0.3) is 5.91 Å². The molecule has 0 aliphatic carbocycles. The van der Waals surface area contributed by atoms with Crippen LogP contribution in [0.15, 0.2) is 48.5 Å². The fraction of sp³-hybridized carbons (Fsp3) is 0.393. The highest BCUT2D eigenvalue weighted by Crippen LogP contribution is 2.46. The van der Waals surface area contributed by atoms with Gasteiger partial charge in [-0.05, 0) is 42.5 Å². The molecule has 0 radical (unpaired) electrons. The van der Waals surface area contributed by atoms with Crippen LogP contribution in [0, 0.1) is 5.92 Å². The Morgan fingerprint density at radius 3 is 2.51 bits per heavy atom. The Balaban J connectivity index is 1.54. The standard InChI is InChI=1S/C28H32N4O3/c1-5-16(4)29-27(34)23(15(2)3)31-26(33)22-14-20-17-10-8-9-13-21(17)30-24(20)25-18-11-6-7-12-19(18)28(35)32(22)25/h6-13,15-16,22-23,25,30H,5,14H2,1-4H3,(H,29,34)(H,31,33)/t16-,22+,23+,25+/m0/s1. The van der Waals surface area contributed by atoms with Crippen LogP contribution in [-0.4, -0.2) is 45.7 Å². The number of carbonyl (C=O) groups excluding carboxylic acids is 3. The van der Waals surface area contributed by atoms with Gasteiger partial charge >= 0.3 is 0 Å². The van der Waals surface area contributed by atoms with E-state index in [2.05, 4.69) is 21.7 Å². The molecule has 0 spiro atoms. The molecule has 5 rings (SSSR count). The number of benzene rings is 2. The molecule has 4 atom stereocenters. The van der Waals surface area contributed by atoms with Gasteiger partial charge in [-0.25, -0.2) is 0 Å². The van der Waals surface area contributed by atoms with E-state index in [4.69, 9.17) is 0 Å². The molecule has 3 aromatic rings. The van der Waals surface area contributed by atoms with Gasteiger partial charge < -0.3 is 20.5 Å². The minimum absolute atomic E-state index is 0.0168. The van der Waals surface area contributed by atoms with Crippen LogP contribution >= 0.6 is 0 Å². The molecule has 2 aliphatic rings. The highest BCUT2D eigenvalue weighted by Gasteiger charge is 2.49. The van der Waals surface area contributed by atoms with Crippen molar-refractivity contribution in [1.82, 2.24) is 20.5 Å². The molecule has 0 saturated carbocycles. The Labute approximate surface area is 205 Å².